The van der Waals surface area contributed by atoms with Crippen molar-refractivity contribution in [2.75, 3.05) is 6.61 Å². The summed E-state index contributed by atoms with van der Waals surface area (Å²) >= 11 is 1.70. The molecule has 0 saturated carbocycles. The fraction of sp³-hybridized carbons (Fsp3) is 0.667. The molecule has 16 heavy (non-hydrogen) atoms. The van der Waals surface area contributed by atoms with E-state index in [1.165, 1.54) is 0 Å². The first-order chi connectivity index (χ1) is 7.52. The first-order valence-electron chi connectivity index (χ1n) is 5.66. The number of aryl methyl sites for hydroxylation is 1. The third kappa shape index (κ3) is 4.10. The Morgan fingerprint density at radius 1 is 1.31 bits per heavy atom. The smallest absolute Gasteiger partial charge is 0.132 e. The van der Waals surface area contributed by atoms with E-state index in [0.29, 0.717) is 11.2 Å². The van der Waals surface area contributed by atoms with E-state index in [0.717, 1.165) is 23.0 Å². The molecule has 0 spiro atoms. The van der Waals surface area contributed by atoms with Crippen LogP contribution in [-0.2, 0) is 0 Å². The van der Waals surface area contributed by atoms with Crippen LogP contribution >= 0.6 is 11.8 Å². The molecule has 0 bridgehead atoms. The molecule has 0 saturated heterocycles. The molecular weight excluding hydrogens is 220 g/mol. The van der Waals surface area contributed by atoms with Gasteiger partial charge in [0.25, 0.3) is 0 Å². The van der Waals surface area contributed by atoms with E-state index in [2.05, 4.69) is 30.7 Å². The standard InChI is InChI=1S/C12H20N2OS/c1-8(2)12-13-9(3)7-11(14-12)16-10(4)5-6-15/h7-8,10,15H,5-6H2,1-4H3. The maximum Gasteiger partial charge on any atom is 0.132 e. The number of aliphatic hydroxyl groups is 1. The minimum atomic E-state index is 0.231. The molecule has 0 aliphatic carbocycles. The van der Waals surface area contributed by atoms with Gasteiger partial charge in [0.05, 0.1) is 0 Å². The minimum Gasteiger partial charge on any atom is -0.396 e. The highest BCUT2D eigenvalue weighted by atomic mass is 32.2. The van der Waals surface area contributed by atoms with Crippen LogP contribution in [0.25, 0.3) is 0 Å². The summed E-state index contributed by atoms with van der Waals surface area (Å²) in [6, 6.07) is 2.00. The van der Waals surface area contributed by atoms with Crippen LogP contribution in [0.4, 0.5) is 0 Å². The molecule has 0 radical (unpaired) electrons. The van der Waals surface area contributed by atoms with Crippen LogP contribution in [0, 0.1) is 6.92 Å². The lowest BCUT2D eigenvalue weighted by Gasteiger charge is -2.11. The van der Waals surface area contributed by atoms with Gasteiger partial charge in [-0.25, -0.2) is 9.97 Å². The maximum atomic E-state index is 8.87. The van der Waals surface area contributed by atoms with Crippen molar-refractivity contribution in [1.82, 2.24) is 9.97 Å². The summed E-state index contributed by atoms with van der Waals surface area (Å²) in [4.78, 5) is 8.94. The third-order valence-corrected chi connectivity index (χ3v) is 3.31. The highest BCUT2D eigenvalue weighted by molar-refractivity contribution is 7.99. The molecule has 1 atom stereocenters. The summed E-state index contributed by atoms with van der Waals surface area (Å²) in [5, 5.41) is 10.3. The number of hydrogen-bond acceptors (Lipinski definition) is 4. The van der Waals surface area contributed by atoms with Gasteiger partial charge in [0, 0.05) is 23.5 Å². The molecule has 1 aromatic heterocycles. The maximum absolute atomic E-state index is 8.87. The molecule has 3 nitrogen and oxygen atoms in total. The monoisotopic (exact) mass is 240 g/mol. The minimum absolute atomic E-state index is 0.231. The third-order valence-electron chi connectivity index (χ3n) is 2.22. The molecule has 1 N–H and O–H groups in total. The number of thioether (sulfide) groups is 1. The second-order valence-corrected chi connectivity index (χ2v) is 5.76. The number of aromatic nitrogens is 2. The zero-order chi connectivity index (χ0) is 12.1. The Bertz CT molecular complexity index is 342. The van der Waals surface area contributed by atoms with Gasteiger partial charge in [-0.15, -0.1) is 11.8 Å². The van der Waals surface area contributed by atoms with Crippen molar-refractivity contribution < 1.29 is 5.11 Å². The van der Waals surface area contributed by atoms with Gasteiger partial charge in [0.1, 0.15) is 10.9 Å². The largest absolute Gasteiger partial charge is 0.396 e. The SMILES string of the molecule is Cc1cc(SC(C)CCO)nc(C(C)C)n1. The van der Waals surface area contributed by atoms with Crippen LogP contribution in [0.2, 0.25) is 0 Å². The molecule has 0 aliphatic heterocycles. The Hall–Kier alpha value is -0.610. The molecule has 1 rings (SSSR count). The van der Waals surface area contributed by atoms with Crippen molar-refractivity contribution in [3.63, 3.8) is 0 Å². The quantitative estimate of drug-likeness (QED) is 0.635. The second-order valence-electron chi connectivity index (χ2n) is 4.30. The molecule has 1 unspecified atom stereocenters. The van der Waals surface area contributed by atoms with E-state index in [1.807, 2.05) is 13.0 Å². The van der Waals surface area contributed by atoms with Crippen LogP contribution in [0.5, 0.6) is 0 Å². The summed E-state index contributed by atoms with van der Waals surface area (Å²) < 4.78 is 0. The van der Waals surface area contributed by atoms with Gasteiger partial charge < -0.3 is 5.11 Å². The lowest BCUT2D eigenvalue weighted by Crippen LogP contribution is -2.04. The van der Waals surface area contributed by atoms with Gasteiger partial charge in [-0.1, -0.05) is 20.8 Å². The highest BCUT2D eigenvalue weighted by Crippen LogP contribution is 2.24. The molecule has 0 aliphatic rings. The molecule has 0 fully saturated rings. The predicted molar refractivity (Wildman–Crippen MR) is 67.9 cm³/mol. The van der Waals surface area contributed by atoms with Crippen LogP contribution in [0.3, 0.4) is 0 Å². The Labute approximate surface area is 102 Å². The summed E-state index contributed by atoms with van der Waals surface area (Å²) in [6.45, 7) is 8.53. The normalized spacial score (nSPS) is 13.1. The summed E-state index contributed by atoms with van der Waals surface area (Å²) in [7, 11) is 0. The number of aliphatic hydroxyl groups excluding tert-OH is 1. The first-order valence-corrected chi connectivity index (χ1v) is 6.54. The van der Waals surface area contributed by atoms with E-state index in [4.69, 9.17) is 5.11 Å². The van der Waals surface area contributed by atoms with Crippen LogP contribution in [-0.4, -0.2) is 26.9 Å². The predicted octanol–water partition coefficient (Wildman–Crippen LogP) is 2.77. The lowest BCUT2D eigenvalue weighted by atomic mass is 10.2. The van der Waals surface area contributed by atoms with Crippen LogP contribution < -0.4 is 0 Å². The van der Waals surface area contributed by atoms with Gasteiger partial charge >= 0.3 is 0 Å². The summed E-state index contributed by atoms with van der Waals surface area (Å²) in [5.41, 5.74) is 1.01. The van der Waals surface area contributed by atoms with Crippen molar-refractivity contribution >= 4 is 11.8 Å². The van der Waals surface area contributed by atoms with Crippen LogP contribution in [0.1, 0.15) is 44.6 Å². The fourth-order valence-electron chi connectivity index (χ4n) is 1.33. The summed E-state index contributed by atoms with van der Waals surface area (Å²) in [6.07, 6.45) is 0.796. The van der Waals surface area contributed by atoms with Gasteiger partial charge in [-0.05, 0) is 19.4 Å². The Balaban J connectivity index is 2.80. The van der Waals surface area contributed by atoms with E-state index in [9.17, 15) is 0 Å². The van der Waals surface area contributed by atoms with Gasteiger partial charge in [-0.2, -0.15) is 0 Å². The van der Waals surface area contributed by atoms with Gasteiger partial charge in [-0.3, -0.25) is 0 Å². The number of hydrogen-bond donors (Lipinski definition) is 1. The fourth-order valence-corrected chi connectivity index (χ4v) is 2.35. The molecule has 4 heteroatoms. The van der Waals surface area contributed by atoms with Crippen molar-refractivity contribution in [3.05, 3.63) is 17.6 Å². The van der Waals surface area contributed by atoms with Crippen molar-refractivity contribution in [2.24, 2.45) is 0 Å². The van der Waals surface area contributed by atoms with E-state index >= 15 is 0 Å². The number of nitrogens with zero attached hydrogens (tertiary/aromatic N) is 2. The van der Waals surface area contributed by atoms with Gasteiger partial charge in [0.2, 0.25) is 0 Å². The molecule has 0 aromatic carbocycles. The van der Waals surface area contributed by atoms with Crippen molar-refractivity contribution in [2.45, 2.75) is 50.3 Å². The van der Waals surface area contributed by atoms with Gasteiger partial charge in [0.15, 0.2) is 0 Å². The molecular formula is C12H20N2OS. The summed E-state index contributed by atoms with van der Waals surface area (Å²) in [5.74, 6) is 1.26. The average Bonchev–Trinajstić information content (AvgIpc) is 2.16. The zero-order valence-corrected chi connectivity index (χ0v) is 11.2. The van der Waals surface area contributed by atoms with E-state index in [1.54, 1.807) is 11.8 Å². The molecule has 1 heterocycles. The van der Waals surface area contributed by atoms with E-state index in [-0.39, 0.29) is 6.61 Å². The van der Waals surface area contributed by atoms with Crippen molar-refractivity contribution in [1.29, 1.82) is 0 Å². The molecule has 90 valence electrons. The lowest BCUT2D eigenvalue weighted by molar-refractivity contribution is 0.289. The highest BCUT2D eigenvalue weighted by Gasteiger charge is 2.09. The second kappa shape index (κ2) is 6.21. The van der Waals surface area contributed by atoms with E-state index < -0.39 is 0 Å². The average molecular weight is 240 g/mol. The van der Waals surface area contributed by atoms with Crippen LogP contribution in [0.15, 0.2) is 11.1 Å². The van der Waals surface area contributed by atoms with Crippen molar-refractivity contribution in [3.8, 4) is 0 Å². The Morgan fingerprint density at radius 3 is 2.56 bits per heavy atom. The molecule has 0 amide bonds. The number of rotatable bonds is 5. The first kappa shape index (κ1) is 13.5. The zero-order valence-electron chi connectivity index (χ0n) is 10.4. The Morgan fingerprint density at radius 2 is 2.00 bits per heavy atom. The Kier molecular flexibility index (Phi) is 5.22. The topological polar surface area (TPSA) is 46.0 Å². The molecule has 1 aromatic rings.